The molecule has 1 N–H and O–H groups in total. The van der Waals surface area contributed by atoms with E-state index in [1.807, 2.05) is 54.2 Å². The molecule has 1 aromatic heterocycles. The molecule has 10 nitrogen and oxygen atoms in total. The van der Waals surface area contributed by atoms with Crippen LogP contribution in [0.5, 0.6) is 5.88 Å². The van der Waals surface area contributed by atoms with Crippen molar-refractivity contribution in [2.24, 2.45) is 11.8 Å². The van der Waals surface area contributed by atoms with Gasteiger partial charge in [-0.15, -0.1) is 0 Å². The molecule has 3 saturated heterocycles. The number of hydrogen-bond donors (Lipinski definition) is 1. The quantitative estimate of drug-likeness (QED) is 0.562. The Morgan fingerprint density at radius 3 is 2.50 bits per heavy atom. The molecule has 0 spiro atoms. The first-order valence-corrected chi connectivity index (χ1v) is 12.7. The van der Waals surface area contributed by atoms with Gasteiger partial charge < -0.3 is 19.4 Å². The zero-order valence-corrected chi connectivity index (χ0v) is 21.0. The Morgan fingerprint density at radius 2 is 1.86 bits per heavy atom. The lowest BCUT2D eigenvalue weighted by atomic mass is 10.0. The highest BCUT2D eigenvalue weighted by molar-refractivity contribution is 8.18. The lowest BCUT2D eigenvalue weighted by Crippen LogP contribution is -2.33. The van der Waals surface area contributed by atoms with E-state index in [1.165, 1.54) is 0 Å². The molecule has 0 bridgehead atoms. The van der Waals surface area contributed by atoms with E-state index in [2.05, 4.69) is 20.2 Å². The van der Waals surface area contributed by atoms with Gasteiger partial charge in [0.2, 0.25) is 11.8 Å². The van der Waals surface area contributed by atoms with Crippen molar-refractivity contribution in [3.63, 3.8) is 0 Å². The third-order valence-corrected chi connectivity index (χ3v) is 7.31. The van der Waals surface area contributed by atoms with Crippen LogP contribution in [0.25, 0.3) is 6.08 Å². The number of aromatic nitrogens is 2. The highest BCUT2D eigenvalue weighted by atomic mass is 32.2. The van der Waals surface area contributed by atoms with Crippen LogP contribution in [-0.2, 0) is 4.79 Å². The molecular formula is C25H28N6O4S. The van der Waals surface area contributed by atoms with Crippen LogP contribution >= 0.6 is 11.8 Å². The lowest BCUT2D eigenvalue weighted by molar-refractivity contribution is -0.115. The number of imide groups is 1. The van der Waals surface area contributed by atoms with E-state index >= 15 is 0 Å². The highest BCUT2D eigenvalue weighted by Gasteiger charge is 2.42. The first-order valence-electron chi connectivity index (χ1n) is 11.9. The van der Waals surface area contributed by atoms with E-state index in [4.69, 9.17) is 4.74 Å². The van der Waals surface area contributed by atoms with Gasteiger partial charge in [0.25, 0.3) is 17.1 Å². The summed E-state index contributed by atoms with van der Waals surface area (Å²) in [5.74, 6) is 1.24. The van der Waals surface area contributed by atoms with Crippen LogP contribution in [0.2, 0.25) is 0 Å². The predicted octanol–water partition coefficient (Wildman–Crippen LogP) is 1.95. The molecule has 3 amide bonds. The maximum Gasteiger partial charge on any atom is 0.290 e. The Hall–Kier alpha value is -3.44. The summed E-state index contributed by atoms with van der Waals surface area (Å²) in [6, 6.07) is 11.1. The fourth-order valence-corrected chi connectivity index (χ4v) is 5.36. The summed E-state index contributed by atoms with van der Waals surface area (Å²) in [5, 5.41) is 1.87. The number of rotatable bonds is 7. The van der Waals surface area contributed by atoms with Crippen molar-refractivity contribution >= 4 is 40.8 Å². The van der Waals surface area contributed by atoms with Crippen molar-refractivity contribution in [1.29, 1.82) is 0 Å². The highest BCUT2D eigenvalue weighted by Crippen LogP contribution is 2.34. The van der Waals surface area contributed by atoms with Gasteiger partial charge in [0.15, 0.2) is 0 Å². The summed E-state index contributed by atoms with van der Waals surface area (Å²) in [6.45, 7) is 4.03. The predicted molar refractivity (Wildman–Crippen MR) is 137 cm³/mol. The second-order valence-corrected chi connectivity index (χ2v) is 10.5. The largest absolute Gasteiger partial charge is 0.476 e. The normalized spacial score (nSPS) is 22.5. The third kappa shape index (κ3) is 5.36. The Morgan fingerprint density at radius 1 is 1.14 bits per heavy atom. The number of carbonyl (C=O) groups is 3. The monoisotopic (exact) mass is 508 g/mol. The standard InChI is InChI=1S/C25H28N6O4S/c1-29(2)8-9-35-21-11-19(10-20-22(32)28-25(34)36-20)26-24(27-21)31-14-17-12-30(13-18(17)15-31)23(33)16-6-4-3-5-7-16/h3-7,10-11,17-18H,8-9,12-15H2,1-2H3,(H,28,32,34). The Kier molecular flexibility index (Phi) is 6.92. The Bertz CT molecular complexity index is 1190. The molecule has 0 aliphatic carbocycles. The average Bonchev–Trinajstić information content (AvgIpc) is 3.52. The fourth-order valence-electron chi connectivity index (χ4n) is 4.69. The second-order valence-electron chi connectivity index (χ2n) is 9.44. The van der Waals surface area contributed by atoms with Gasteiger partial charge in [-0.05, 0) is 44.1 Å². The fraction of sp³-hybridized carbons (Fsp3) is 0.400. The van der Waals surface area contributed by atoms with Gasteiger partial charge in [-0.2, -0.15) is 4.98 Å². The summed E-state index contributed by atoms with van der Waals surface area (Å²) in [7, 11) is 3.93. The van der Waals surface area contributed by atoms with Gasteiger partial charge in [-0.3, -0.25) is 19.7 Å². The van der Waals surface area contributed by atoms with Crippen LogP contribution in [0.3, 0.4) is 0 Å². The summed E-state index contributed by atoms with van der Waals surface area (Å²) < 4.78 is 5.89. The van der Waals surface area contributed by atoms with Crippen LogP contribution in [0.1, 0.15) is 16.1 Å². The van der Waals surface area contributed by atoms with Crippen molar-refractivity contribution in [3.05, 3.63) is 52.6 Å². The lowest BCUT2D eigenvalue weighted by Gasteiger charge is -2.22. The number of nitrogens with zero attached hydrogens (tertiary/aromatic N) is 5. The number of carbonyl (C=O) groups excluding carboxylic acids is 3. The Balaban J connectivity index is 1.32. The van der Waals surface area contributed by atoms with Crippen LogP contribution < -0.4 is 15.0 Å². The molecule has 188 valence electrons. The minimum absolute atomic E-state index is 0.0693. The van der Waals surface area contributed by atoms with E-state index in [-0.39, 0.29) is 10.8 Å². The zero-order valence-electron chi connectivity index (χ0n) is 20.2. The van der Waals surface area contributed by atoms with Crippen LogP contribution in [0, 0.1) is 11.8 Å². The molecule has 3 fully saturated rings. The number of hydrogen-bond acceptors (Lipinski definition) is 9. The molecular weight excluding hydrogens is 480 g/mol. The average molecular weight is 509 g/mol. The van der Waals surface area contributed by atoms with Crippen LogP contribution in [0.4, 0.5) is 10.7 Å². The number of likely N-dealkylation sites (N-methyl/N-ethyl adjacent to an activating group) is 1. The molecule has 3 aliphatic heterocycles. The van der Waals surface area contributed by atoms with E-state index in [0.29, 0.717) is 54.6 Å². The third-order valence-electron chi connectivity index (χ3n) is 6.50. The molecule has 2 aromatic rings. The van der Waals surface area contributed by atoms with Crippen molar-refractivity contribution in [1.82, 2.24) is 25.1 Å². The van der Waals surface area contributed by atoms with Crippen molar-refractivity contribution in [2.45, 2.75) is 0 Å². The molecule has 2 atom stereocenters. The molecule has 5 rings (SSSR count). The van der Waals surface area contributed by atoms with E-state index in [1.54, 1.807) is 12.1 Å². The summed E-state index contributed by atoms with van der Waals surface area (Å²) in [6.07, 6.45) is 1.59. The molecule has 2 unspecified atom stereocenters. The van der Waals surface area contributed by atoms with Gasteiger partial charge in [0.1, 0.15) is 6.61 Å². The number of ether oxygens (including phenoxy) is 1. The Labute approximate surface area is 213 Å². The maximum atomic E-state index is 12.9. The molecule has 11 heteroatoms. The number of benzene rings is 1. The SMILES string of the molecule is CN(C)CCOc1cc(C=C2SC(=O)NC2=O)nc(N2CC3CN(C(=O)c4ccccc4)CC3C2)n1. The van der Waals surface area contributed by atoms with Gasteiger partial charge >= 0.3 is 0 Å². The maximum absolute atomic E-state index is 12.9. The van der Waals surface area contributed by atoms with E-state index in [9.17, 15) is 14.4 Å². The van der Waals surface area contributed by atoms with Crippen molar-refractivity contribution in [2.75, 3.05) is 58.3 Å². The minimum atomic E-state index is -0.431. The first-order chi connectivity index (χ1) is 17.4. The van der Waals surface area contributed by atoms with Gasteiger partial charge in [0.05, 0.1) is 10.6 Å². The zero-order chi connectivity index (χ0) is 25.2. The molecule has 0 radical (unpaired) electrons. The second kappa shape index (κ2) is 10.3. The number of fused-ring (bicyclic) bond motifs is 1. The molecule has 0 saturated carbocycles. The molecule has 36 heavy (non-hydrogen) atoms. The smallest absolute Gasteiger partial charge is 0.290 e. The molecule has 3 aliphatic rings. The number of anilines is 1. The molecule has 4 heterocycles. The summed E-state index contributed by atoms with van der Waals surface area (Å²) >= 11 is 0.851. The first kappa shape index (κ1) is 24.3. The number of amides is 3. The van der Waals surface area contributed by atoms with E-state index < -0.39 is 11.1 Å². The van der Waals surface area contributed by atoms with Crippen molar-refractivity contribution in [3.8, 4) is 5.88 Å². The number of thioether (sulfide) groups is 1. The van der Waals surface area contributed by atoms with Gasteiger partial charge in [-0.1, -0.05) is 18.2 Å². The number of nitrogens with one attached hydrogen (secondary N) is 1. The van der Waals surface area contributed by atoms with Gasteiger partial charge in [0, 0.05) is 56.2 Å². The minimum Gasteiger partial charge on any atom is -0.476 e. The van der Waals surface area contributed by atoms with E-state index in [0.717, 1.165) is 31.4 Å². The summed E-state index contributed by atoms with van der Waals surface area (Å²) in [5.41, 5.74) is 1.22. The number of likely N-dealkylation sites (tertiary alicyclic amines) is 1. The van der Waals surface area contributed by atoms with Crippen molar-refractivity contribution < 1.29 is 19.1 Å². The summed E-state index contributed by atoms with van der Waals surface area (Å²) in [4.78, 5) is 52.2. The van der Waals surface area contributed by atoms with Crippen LogP contribution in [-0.4, -0.2) is 90.2 Å². The molecule has 1 aromatic carbocycles. The topological polar surface area (TPSA) is 108 Å². The van der Waals surface area contributed by atoms with Gasteiger partial charge in [-0.25, -0.2) is 4.98 Å². The van der Waals surface area contributed by atoms with Crippen LogP contribution in [0.15, 0.2) is 41.3 Å².